The average Bonchev–Trinajstić information content (AvgIpc) is 3.09. The molecule has 3 rings (SSSR count). The first-order valence-electron chi connectivity index (χ1n) is 7.98. The molecule has 2 amide bonds. The van der Waals surface area contributed by atoms with Crippen molar-refractivity contribution in [3.05, 3.63) is 47.8 Å². The Bertz CT molecular complexity index is 904. The third-order valence-corrected chi connectivity index (χ3v) is 3.90. The first-order chi connectivity index (χ1) is 12.9. The summed E-state index contributed by atoms with van der Waals surface area (Å²) in [5.74, 6) is -4.55. The molecule has 1 N–H and O–H groups in total. The molecule has 0 saturated carbocycles. The van der Waals surface area contributed by atoms with Gasteiger partial charge in [0.2, 0.25) is 18.6 Å². The van der Waals surface area contributed by atoms with Crippen molar-refractivity contribution in [3.8, 4) is 11.5 Å². The molecule has 27 heavy (non-hydrogen) atoms. The highest BCUT2D eigenvalue weighted by atomic mass is 19.2. The standard InChI is InChI=1S/C18H15F3N2O4/c1-10(24)23(13-4-3-12(19)17(20)18(13)21)7-6-16(25)22-11-2-5-14-15(8-11)27-9-26-14/h2-5,8H,6-7,9H2,1H3,(H,22,25). The number of hydrogen-bond donors (Lipinski definition) is 1. The van der Waals surface area contributed by atoms with Gasteiger partial charge < -0.3 is 19.7 Å². The smallest absolute Gasteiger partial charge is 0.231 e. The highest BCUT2D eigenvalue weighted by molar-refractivity contribution is 5.95. The predicted octanol–water partition coefficient (Wildman–Crippen LogP) is 3.21. The number of carbonyl (C=O) groups excluding carboxylic acids is 2. The summed E-state index contributed by atoms with van der Waals surface area (Å²) in [5.41, 5.74) is 0.0231. The fraction of sp³-hybridized carbons (Fsp3) is 0.222. The zero-order valence-electron chi connectivity index (χ0n) is 14.2. The molecule has 0 radical (unpaired) electrons. The van der Waals surface area contributed by atoms with Gasteiger partial charge in [-0.3, -0.25) is 9.59 Å². The van der Waals surface area contributed by atoms with E-state index in [0.29, 0.717) is 17.2 Å². The van der Waals surface area contributed by atoms with Crippen LogP contribution < -0.4 is 19.7 Å². The molecule has 142 valence electrons. The summed E-state index contributed by atoms with van der Waals surface area (Å²) in [6.45, 7) is 1.02. The Labute approximate surface area is 152 Å². The number of nitrogens with zero attached hydrogens (tertiary/aromatic N) is 1. The Hall–Kier alpha value is -3.23. The van der Waals surface area contributed by atoms with Crippen LogP contribution in [0.15, 0.2) is 30.3 Å². The van der Waals surface area contributed by atoms with Gasteiger partial charge in [0.05, 0.1) is 5.69 Å². The van der Waals surface area contributed by atoms with Crippen molar-refractivity contribution in [2.45, 2.75) is 13.3 Å². The molecule has 0 unspecified atom stereocenters. The molecule has 0 aromatic heterocycles. The molecule has 2 aromatic carbocycles. The van der Waals surface area contributed by atoms with Crippen LogP contribution in [0, 0.1) is 17.5 Å². The van der Waals surface area contributed by atoms with Crippen molar-refractivity contribution in [1.29, 1.82) is 0 Å². The molecule has 1 aliphatic rings. The maximum absolute atomic E-state index is 13.9. The zero-order valence-corrected chi connectivity index (χ0v) is 14.2. The van der Waals surface area contributed by atoms with E-state index in [9.17, 15) is 22.8 Å². The van der Waals surface area contributed by atoms with E-state index in [4.69, 9.17) is 9.47 Å². The maximum Gasteiger partial charge on any atom is 0.231 e. The van der Waals surface area contributed by atoms with Gasteiger partial charge in [-0.2, -0.15) is 0 Å². The van der Waals surface area contributed by atoms with E-state index in [-0.39, 0.29) is 19.8 Å². The Morgan fingerprint density at radius 2 is 1.81 bits per heavy atom. The second-order valence-electron chi connectivity index (χ2n) is 5.73. The van der Waals surface area contributed by atoms with Crippen LogP contribution in [0.3, 0.4) is 0 Å². The van der Waals surface area contributed by atoms with Crippen LogP contribution in [0.4, 0.5) is 24.5 Å². The van der Waals surface area contributed by atoms with Crippen molar-refractivity contribution < 1.29 is 32.2 Å². The minimum absolute atomic E-state index is 0.0973. The van der Waals surface area contributed by atoms with Crippen LogP contribution in [0.5, 0.6) is 11.5 Å². The minimum atomic E-state index is -1.68. The van der Waals surface area contributed by atoms with Gasteiger partial charge in [0.25, 0.3) is 0 Å². The van der Waals surface area contributed by atoms with Gasteiger partial charge >= 0.3 is 0 Å². The third kappa shape index (κ3) is 3.97. The topological polar surface area (TPSA) is 67.9 Å². The van der Waals surface area contributed by atoms with E-state index in [1.165, 1.54) is 0 Å². The highest BCUT2D eigenvalue weighted by Crippen LogP contribution is 2.34. The molecule has 0 spiro atoms. The number of halogens is 3. The maximum atomic E-state index is 13.9. The molecular formula is C18H15F3N2O4. The van der Waals surface area contributed by atoms with Crippen molar-refractivity contribution in [3.63, 3.8) is 0 Å². The number of carbonyl (C=O) groups is 2. The minimum Gasteiger partial charge on any atom is -0.454 e. The van der Waals surface area contributed by atoms with E-state index in [2.05, 4.69) is 5.32 Å². The monoisotopic (exact) mass is 380 g/mol. The SMILES string of the molecule is CC(=O)N(CCC(=O)Nc1ccc2c(c1)OCO2)c1ccc(F)c(F)c1F. The molecule has 1 heterocycles. The lowest BCUT2D eigenvalue weighted by Gasteiger charge is -2.21. The summed E-state index contributed by atoms with van der Waals surface area (Å²) >= 11 is 0. The van der Waals surface area contributed by atoms with Gasteiger partial charge in [-0.25, -0.2) is 13.2 Å². The summed E-state index contributed by atoms with van der Waals surface area (Å²) in [5, 5.41) is 2.61. The Morgan fingerprint density at radius 3 is 2.56 bits per heavy atom. The molecule has 9 heteroatoms. The highest BCUT2D eigenvalue weighted by Gasteiger charge is 2.22. The number of fused-ring (bicyclic) bond motifs is 1. The Balaban J connectivity index is 1.67. The summed E-state index contributed by atoms with van der Waals surface area (Å²) in [4.78, 5) is 24.8. The molecule has 0 atom stereocenters. The van der Waals surface area contributed by atoms with Crippen LogP contribution in [-0.2, 0) is 9.59 Å². The second-order valence-corrected chi connectivity index (χ2v) is 5.73. The first kappa shape index (κ1) is 18.6. The predicted molar refractivity (Wildman–Crippen MR) is 90.2 cm³/mol. The van der Waals surface area contributed by atoms with Crippen LogP contribution >= 0.6 is 0 Å². The normalized spacial score (nSPS) is 12.0. The fourth-order valence-corrected chi connectivity index (χ4v) is 2.58. The number of benzene rings is 2. The zero-order chi connectivity index (χ0) is 19.6. The molecule has 0 aliphatic carbocycles. The van der Waals surface area contributed by atoms with Gasteiger partial charge in [-0.05, 0) is 24.3 Å². The fourth-order valence-electron chi connectivity index (χ4n) is 2.58. The average molecular weight is 380 g/mol. The molecule has 0 fully saturated rings. The molecular weight excluding hydrogens is 365 g/mol. The van der Waals surface area contributed by atoms with E-state index in [1.54, 1.807) is 18.2 Å². The van der Waals surface area contributed by atoms with Crippen LogP contribution in [0.2, 0.25) is 0 Å². The van der Waals surface area contributed by atoms with Crippen molar-refractivity contribution in [2.75, 3.05) is 23.6 Å². The molecule has 0 saturated heterocycles. The van der Waals surface area contributed by atoms with Gasteiger partial charge in [-0.1, -0.05) is 0 Å². The van der Waals surface area contributed by atoms with Gasteiger partial charge in [0, 0.05) is 31.6 Å². The van der Waals surface area contributed by atoms with E-state index in [0.717, 1.165) is 24.0 Å². The van der Waals surface area contributed by atoms with E-state index >= 15 is 0 Å². The Kier molecular flexibility index (Phi) is 5.20. The van der Waals surface area contributed by atoms with Crippen LogP contribution in [-0.4, -0.2) is 25.2 Å². The summed E-state index contributed by atoms with van der Waals surface area (Å²) in [7, 11) is 0. The number of hydrogen-bond acceptors (Lipinski definition) is 4. The number of anilines is 2. The van der Waals surface area contributed by atoms with Crippen LogP contribution in [0.1, 0.15) is 13.3 Å². The van der Waals surface area contributed by atoms with Gasteiger partial charge in [0.1, 0.15) is 0 Å². The van der Waals surface area contributed by atoms with E-state index in [1.807, 2.05) is 0 Å². The van der Waals surface area contributed by atoms with Crippen molar-refractivity contribution in [2.24, 2.45) is 0 Å². The number of amides is 2. The number of rotatable bonds is 5. The lowest BCUT2D eigenvalue weighted by molar-refractivity contribution is -0.117. The lowest BCUT2D eigenvalue weighted by Crippen LogP contribution is -2.33. The summed E-state index contributed by atoms with van der Waals surface area (Å²) in [6.07, 6.45) is -0.188. The lowest BCUT2D eigenvalue weighted by atomic mass is 10.2. The van der Waals surface area contributed by atoms with Crippen molar-refractivity contribution in [1.82, 2.24) is 0 Å². The van der Waals surface area contributed by atoms with Gasteiger partial charge in [0.15, 0.2) is 29.0 Å². The molecule has 6 nitrogen and oxygen atoms in total. The molecule has 1 aliphatic heterocycles. The molecule has 2 aromatic rings. The second kappa shape index (κ2) is 7.56. The van der Waals surface area contributed by atoms with E-state index < -0.39 is 35.0 Å². The number of ether oxygens (including phenoxy) is 2. The van der Waals surface area contributed by atoms with Crippen LogP contribution in [0.25, 0.3) is 0 Å². The summed E-state index contributed by atoms with van der Waals surface area (Å²) in [6, 6.07) is 6.50. The number of nitrogens with one attached hydrogen (secondary N) is 1. The molecule has 0 bridgehead atoms. The first-order valence-corrected chi connectivity index (χ1v) is 7.98. The van der Waals surface area contributed by atoms with Crippen molar-refractivity contribution >= 4 is 23.2 Å². The Morgan fingerprint density at radius 1 is 1.07 bits per heavy atom. The van der Waals surface area contributed by atoms with Gasteiger partial charge in [-0.15, -0.1) is 0 Å². The largest absolute Gasteiger partial charge is 0.454 e. The third-order valence-electron chi connectivity index (χ3n) is 3.90. The quantitative estimate of drug-likeness (QED) is 0.809. The summed E-state index contributed by atoms with van der Waals surface area (Å²) < 4.78 is 50.8.